The van der Waals surface area contributed by atoms with Crippen LogP contribution in [0.4, 0.5) is 17.6 Å². The van der Waals surface area contributed by atoms with Crippen molar-refractivity contribution < 1.29 is 22.3 Å². The number of methoxy groups -OCH3 is 1. The quantitative estimate of drug-likeness (QED) is 0.220. The molecule has 0 aromatic heterocycles. The van der Waals surface area contributed by atoms with Crippen molar-refractivity contribution in [2.75, 3.05) is 7.11 Å². The van der Waals surface area contributed by atoms with Gasteiger partial charge in [0.2, 0.25) is 0 Å². The molecule has 0 saturated carbocycles. The molecule has 33 heavy (non-hydrogen) atoms. The van der Waals surface area contributed by atoms with Crippen LogP contribution in [0.3, 0.4) is 0 Å². The topological polar surface area (TPSA) is 9.23 Å². The van der Waals surface area contributed by atoms with Gasteiger partial charge in [0.15, 0.2) is 23.3 Å². The van der Waals surface area contributed by atoms with Crippen LogP contribution in [0.1, 0.15) is 16.7 Å². The van der Waals surface area contributed by atoms with E-state index in [1.54, 1.807) is 36.4 Å². The molecule has 5 heteroatoms. The summed E-state index contributed by atoms with van der Waals surface area (Å²) in [5.74, 6) is -4.88. The largest absolute Gasteiger partial charge is 0.497 e. The van der Waals surface area contributed by atoms with E-state index in [0.29, 0.717) is 11.3 Å². The fourth-order valence-corrected chi connectivity index (χ4v) is 3.51. The summed E-state index contributed by atoms with van der Waals surface area (Å²) in [4.78, 5) is 0. The molecule has 1 nitrogen and oxygen atoms in total. The molecule has 0 atom stereocenters. The van der Waals surface area contributed by atoms with Crippen molar-refractivity contribution in [2.45, 2.75) is 6.92 Å². The van der Waals surface area contributed by atoms with Crippen molar-refractivity contribution in [2.24, 2.45) is 0 Å². The number of ether oxygens (including phenoxy) is 1. The van der Waals surface area contributed by atoms with Gasteiger partial charge in [-0.1, -0.05) is 72.3 Å². The Hall–Kier alpha value is -3.86. The third kappa shape index (κ3) is 4.53. The molecule has 0 bridgehead atoms. The van der Waals surface area contributed by atoms with Gasteiger partial charge in [-0.15, -0.1) is 0 Å². The minimum absolute atomic E-state index is 0.0606. The standard InChI is InChI=1S/C28H20F4O/c1-17-3-5-18(6-4-17)19-7-9-21(10-8-19)25(29)27(31)24-16-15-23(26(30)28(24)32)20-11-13-22(33-2)14-12-20/h3-16H,1-2H3/b27-25+. The highest BCUT2D eigenvalue weighted by molar-refractivity contribution is 5.84. The summed E-state index contributed by atoms with van der Waals surface area (Å²) >= 11 is 0. The molecule has 0 aliphatic carbocycles. The van der Waals surface area contributed by atoms with Gasteiger partial charge in [-0.2, -0.15) is 0 Å². The van der Waals surface area contributed by atoms with E-state index in [0.717, 1.165) is 22.8 Å². The second kappa shape index (κ2) is 9.33. The van der Waals surface area contributed by atoms with Crippen molar-refractivity contribution in [3.8, 4) is 28.0 Å². The third-order valence-electron chi connectivity index (χ3n) is 5.44. The number of benzene rings is 4. The first-order valence-corrected chi connectivity index (χ1v) is 10.2. The summed E-state index contributed by atoms with van der Waals surface area (Å²) in [5.41, 5.74) is 2.35. The van der Waals surface area contributed by atoms with Gasteiger partial charge < -0.3 is 4.74 Å². The molecule has 0 heterocycles. The summed E-state index contributed by atoms with van der Waals surface area (Å²) in [7, 11) is 1.49. The summed E-state index contributed by atoms with van der Waals surface area (Å²) in [6, 6.07) is 22.4. The summed E-state index contributed by atoms with van der Waals surface area (Å²) in [6.45, 7) is 1.97. The van der Waals surface area contributed by atoms with E-state index >= 15 is 0 Å². The Bertz CT molecular complexity index is 1310. The predicted molar refractivity (Wildman–Crippen MR) is 124 cm³/mol. The maximum atomic E-state index is 14.8. The van der Waals surface area contributed by atoms with E-state index in [1.165, 1.54) is 25.3 Å². The molecule has 0 saturated heterocycles. The fourth-order valence-electron chi connectivity index (χ4n) is 3.51. The Morgan fingerprint density at radius 3 is 1.73 bits per heavy atom. The van der Waals surface area contributed by atoms with Gasteiger partial charge in [-0.3, -0.25) is 0 Å². The molecule has 0 fully saturated rings. The maximum Gasteiger partial charge on any atom is 0.169 e. The highest BCUT2D eigenvalue weighted by Gasteiger charge is 2.21. The Labute approximate surface area is 189 Å². The lowest BCUT2D eigenvalue weighted by atomic mass is 10.00. The minimum Gasteiger partial charge on any atom is -0.497 e. The maximum absolute atomic E-state index is 14.8. The molecule has 166 valence electrons. The van der Waals surface area contributed by atoms with E-state index in [4.69, 9.17) is 4.74 Å². The highest BCUT2D eigenvalue weighted by atomic mass is 19.2. The molecule has 0 aliphatic heterocycles. The van der Waals surface area contributed by atoms with Gasteiger partial charge in [-0.25, -0.2) is 17.6 Å². The van der Waals surface area contributed by atoms with Crippen LogP contribution >= 0.6 is 0 Å². The number of rotatable bonds is 5. The lowest BCUT2D eigenvalue weighted by Gasteiger charge is -2.10. The molecule has 0 unspecified atom stereocenters. The smallest absolute Gasteiger partial charge is 0.169 e. The van der Waals surface area contributed by atoms with Crippen molar-refractivity contribution in [1.29, 1.82) is 0 Å². The Kier molecular flexibility index (Phi) is 6.31. The van der Waals surface area contributed by atoms with E-state index in [1.807, 2.05) is 31.2 Å². The summed E-state index contributed by atoms with van der Waals surface area (Å²) < 4.78 is 64.1. The molecular weight excluding hydrogens is 428 g/mol. The lowest BCUT2D eigenvalue weighted by Crippen LogP contribution is -1.96. The van der Waals surface area contributed by atoms with Crippen LogP contribution in [0.2, 0.25) is 0 Å². The SMILES string of the molecule is COc1ccc(-c2ccc(/C(F)=C(\F)c3ccc(-c4ccc(C)cc4)cc3)c(F)c2F)cc1. The van der Waals surface area contributed by atoms with E-state index in [9.17, 15) is 17.6 Å². The minimum atomic E-state index is -1.46. The average Bonchev–Trinajstić information content (AvgIpc) is 2.85. The van der Waals surface area contributed by atoms with Crippen molar-refractivity contribution in [3.05, 3.63) is 113 Å². The molecular formula is C28H20F4O. The van der Waals surface area contributed by atoms with Crippen molar-refractivity contribution in [3.63, 3.8) is 0 Å². The van der Waals surface area contributed by atoms with Crippen LogP contribution in [0.15, 0.2) is 84.9 Å². The van der Waals surface area contributed by atoms with E-state index in [2.05, 4.69) is 0 Å². The fraction of sp³-hybridized carbons (Fsp3) is 0.0714. The lowest BCUT2D eigenvalue weighted by molar-refractivity contribution is 0.415. The van der Waals surface area contributed by atoms with Gasteiger partial charge in [0.05, 0.1) is 12.7 Å². The summed E-state index contributed by atoms with van der Waals surface area (Å²) in [5, 5.41) is 0. The van der Waals surface area contributed by atoms with Crippen LogP contribution < -0.4 is 4.74 Å². The first kappa shape index (κ1) is 22.3. The average molecular weight is 448 g/mol. The molecule has 4 aromatic rings. The molecule has 0 radical (unpaired) electrons. The molecule has 0 aliphatic rings. The molecule has 0 spiro atoms. The number of hydrogen-bond acceptors (Lipinski definition) is 1. The molecule has 4 aromatic carbocycles. The normalized spacial score (nSPS) is 11.8. The Morgan fingerprint density at radius 2 is 1.15 bits per heavy atom. The van der Waals surface area contributed by atoms with Gasteiger partial charge >= 0.3 is 0 Å². The second-order valence-corrected chi connectivity index (χ2v) is 7.59. The monoisotopic (exact) mass is 448 g/mol. The second-order valence-electron chi connectivity index (χ2n) is 7.59. The first-order chi connectivity index (χ1) is 15.9. The van der Waals surface area contributed by atoms with Gasteiger partial charge in [0.1, 0.15) is 5.75 Å². The van der Waals surface area contributed by atoms with E-state index in [-0.39, 0.29) is 11.1 Å². The summed E-state index contributed by atoms with van der Waals surface area (Å²) in [6.07, 6.45) is 0. The van der Waals surface area contributed by atoms with Crippen LogP contribution in [0.5, 0.6) is 5.75 Å². The molecule has 4 rings (SSSR count). The van der Waals surface area contributed by atoms with Gasteiger partial charge in [0.25, 0.3) is 0 Å². The first-order valence-electron chi connectivity index (χ1n) is 10.2. The zero-order chi connectivity index (χ0) is 23.5. The van der Waals surface area contributed by atoms with Gasteiger partial charge in [0, 0.05) is 11.1 Å². The number of aryl methyl sites for hydroxylation is 1. The Morgan fingerprint density at radius 1 is 0.606 bits per heavy atom. The van der Waals surface area contributed by atoms with Crippen LogP contribution in [0.25, 0.3) is 33.9 Å². The zero-order valence-electron chi connectivity index (χ0n) is 18.0. The number of halogens is 4. The van der Waals surface area contributed by atoms with Gasteiger partial charge in [-0.05, 0) is 41.8 Å². The Balaban J connectivity index is 1.65. The van der Waals surface area contributed by atoms with Crippen molar-refractivity contribution >= 4 is 11.7 Å². The van der Waals surface area contributed by atoms with E-state index < -0.39 is 28.9 Å². The number of hydrogen-bond donors (Lipinski definition) is 0. The predicted octanol–water partition coefficient (Wildman–Crippen LogP) is 8.38. The van der Waals surface area contributed by atoms with Crippen LogP contribution in [-0.4, -0.2) is 7.11 Å². The van der Waals surface area contributed by atoms with Crippen molar-refractivity contribution in [1.82, 2.24) is 0 Å². The van der Waals surface area contributed by atoms with Crippen LogP contribution in [0, 0.1) is 18.6 Å². The third-order valence-corrected chi connectivity index (χ3v) is 5.44. The molecule has 0 amide bonds. The van der Waals surface area contributed by atoms with Crippen LogP contribution in [-0.2, 0) is 0 Å². The highest BCUT2D eigenvalue weighted by Crippen LogP contribution is 2.35. The molecule has 0 N–H and O–H groups in total. The zero-order valence-corrected chi connectivity index (χ0v) is 18.0.